The molecule has 2 aromatic rings. The predicted octanol–water partition coefficient (Wildman–Crippen LogP) is 5.88. The number of hydrogen-bond acceptors (Lipinski definition) is 5. The smallest absolute Gasteiger partial charge is 0.349 e. The molecule has 32 heavy (non-hydrogen) atoms. The number of benzene rings is 2. The summed E-state index contributed by atoms with van der Waals surface area (Å²) in [5.74, 6) is 0.222. The second-order valence-electron chi connectivity index (χ2n) is 9.73. The zero-order valence-corrected chi connectivity index (χ0v) is 20.3. The molecule has 0 fully saturated rings. The van der Waals surface area contributed by atoms with E-state index >= 15 is 0 Å². The Morgan fingerprint density at radius 1 is 0.969 bits per heavy atom. The minimum absolute atomic E-state index is 0.0811. The molecule has 0 aliphatic carbocycles. The molecule has 0 radical (unpaired) electrons. The number of carbonyl (C=O) groups is 1. The average molecular weight is 436 g/mol. The third kappa shape index (κ3) is 5.31. The molecule has 0 heterocycles. The van der Waals surface area contributed by atoms with E-state index in [1.807, 2.05) is 65.8 Å². The van der Waals surface area contributed by atoms with Crippen LogP contribution < -0.4 is 4.74 Å². The number of phenolic OH excluding ortho intramolecular Hbond substituents is 1. The number of aromatic hydroxyl groups is 1. The molecule has 2 aromatic carbocycles. The van der Waals surface area contributed by atoms with Gasteiger partial charge >= 0.3 is 5.97 Å². The molecular weight excluding hydrogens is 402 g/mol. The first kappa shape index (κ1) is 25.0. The summed E-state index contributed by atoms with van der Waals surface area (Å²) in [5.41, 5.74) is 2.50. The van der Waals surface area contributed by atoms with Crippen molar-refractivity contribution in [2.24, 2.45) is 0 Å². The van der Waals surface area contributed by atoms with Crippen LogP contribution in [0.2, 0.25) is 0 Å². The van der Waals surface area contributed by atoms with Gasteiger partial charge < -0.3 is 14.6 Å². The van der Waals surface area contributed by atoms with Crippen molar-refractivity contribution in [3.8, 4) is 17.6 Å². The first-order valence-electron chi connectivity index (χ1n) is 10.7. The topological polar surface area (TPSA) is 79.6 Å². The molecule has 0 saturated carbocycles. The third-order valence-corrected chi connectivity index (χ3v) is 5.23. The second-order valence-corrected chi connectivity index (χ2v) is 9.73. The summed E-state index contributed by atoms with van der Waals surface area (Å²) in [5, 5.41) is 21.1. The van der Waals surface area contributed by atoms with E-state index in [0.717, 1.165) is 11.1 Å². The molecular formula is C27H33NO4. The Balaban J connectivity index is 2.99. The van der Waals surface area contributed by atoms with Gasteiger partial charge in [-0.25, -0.2) is 4.79 Å². The molecule has 0 bridgehead atoms. The van der Waals surface area contributed by atoms with E-state index in [1.54, 1.807) is 26.2 Å². The van der Waals surface area contributed by atoms with Crippen molar-refractivity contribution in [2.45, 2.75) is 59.3 Å². The lowest BCUT2D eigenvalue weighted by Crippen LogP contribution is -2.18. The quantitative estimate of drug-likeness (QED) is 0.360. The standard InChI is InChI=1S/C27H33NO4/c1-9-32-25(30)20(16-28)23(17-10-12-19(31-8)13-11-17)18-14-21(26(2,3)4)24(29)22(15-18)27(5,6)7/h10-15,29H,9H2,1-8H3. The normalized spacial score (nSPS) is 12.6. The zero-order valence-electron chi connectivity index (χ0n) is 20.3. The van der Waals surface area contributed by atoms with Crippen molar-refractivity contribution in [1.82, 2.24) is 0 Å². The molecule has 1 N–H and O–H groups in total. The molecule has 0 unspecified atom stereocenters. The van der Waals surface area contributed by atoms with Crippen molar-refractivity contribution < 1.29 is 19.4 Å². The molecule has 0 aliphatic rings. The molecule has 5 heteroatoms. The Morgan fingerprint density at radius 2 is 1.47 bits per heavy atom. The number of esters is 1. The maximum absolute atomic E-state index is 12.7. The van der Waals surface area contributed by atoms with Crippen LogP contribution in [0.25, 0.3) is 5.57 Å². The lowest BCUT2D eigenvalue weighted by atomic mass is 9.77. The average Bonchev–Trinajstić information content (AvgIpc) is 2.71. The van der Waals surface area contributed by atoms with Crippen LogP contribution in [0.15, 0.2) is 42.0 Å². The van der Waals surface area contributed by atoms with E-state index < -0.39 is 5.97 Å². The number of nitriles is 1. The van der Waals surface area contributed by atoms with Crippen LogP contribution in [0, 0.1) is 11.3 Å². The number of ether oxygens (including phenoxy) is 2. The van der Waals surface area contributed by atoms with Crippen LogP contribution in [-0.2, 0) is 20.4 Å². The van der Waals surface area contributed by atoms with Crippen molar-refractivity contribution in [3.63, 3.8) is 0 Å². The fourth-order valence-corrected chi connectivity index (χ4v) is 3.54. The van der Waals surface area contributed by atoms with Gasteiger partial charge in [0.25, 0.3) is 0 Å². The molecule has 0 spiro atoms. The Bertz CT molecular complexity index is 1020. The molecule has 0 atom stereocenters. The van der Waals surface area contributed by atoms with Crippen LogP contribution in [0.1, 0.15) is 70.7 Å². The highest BCUT2D eigenvalue weighted by molar-refractivity contribution is 6.05. The van der Waals surface area contributed by atoms with Gasteiger partial charge in [0.05, 0.1) is 13.7 Å². The number of carbonyl (C=O) groups excluding carboxylic acids is 1. The maximum Gasteiger partial charge on any atom is 0.349 e. The zero-order chi connectivity index (χ0) is 24.3. The van der Waals surface area contributed by atoms with E-state index in [0.29, 0.717) is 22.4 Å². The van der Waals surface area contributed by atoms with E-state index in [2.05, 4.69) is 6.07 Å². The van der Waals surface area contributed by atoms with Gasteiger partial charge in [0.2, 0.25) is 0 Å². The first-order valence-corrected chi connectivity index (χ1v) is 10.7. The summed E-state index contributed by atoms with van der Waals surface area (Å²) in [6.45, 7) is 14.0. The number of phenols is 1. The van der Waals surface area contributed by atoms with Crippen LogP contribution in [0.4, 0.5) is 0 Å². The molecule has 0 aliphatic heterocycles. The van der Waals surface area contributed by atoms with Crippen LogP contribution in [0.5, 0.6) is 11.5 Å². The monoisotopic (exact) mass is 435 g/mol. The summed E-state index contributed by atoms with van der Waals surface area (Å²) in [7, 11) is 1.58. The van der Waals surface area contributed by atoms with Crippen molar-refractivity contribution in [1.29, 1.82) is 5.26 Å². The van der Waals surface area contributed by atoms with E-state index in [4.69, 9.17) is 9.47 Å². The predicted molar refractivity (Wildman–Crippen MR) is 127 cm³/mol. The largest absolute Gasteiger partial charge is 0.507 e. The highest BCUT2D eigenvalue weighted by Gasteiger charge is 2.29. The first-order chi connectivity index (χ1) is 14.8. The van der Waals surface area contributed by atoms with Crippen molar-refractivity contribution in [3.05, 3.63) is 64.2 Å². The number of nitrogens with zero attached hydrogens (tertiary/aromatic N) is 1. The molecule has 170 valence electrons. The summed E-state index contributed by atoms with van der Waals surface area (Å²) < 4.78 is 10.5. The summed E-state index contributed by atoms with van der Waals surface area (Å²) in [4.78, 5) is 12.7. The van der Waals surface area contributed by atoms with Gasteiger partial charge in [-0.3, -0.25) is 0 Å². The van der Waals surface area contributed by atoms with Crippen LogP contribution in [0.3, 0.4) is 0 Å². The molecule has 5 nitrogen and oxygen atoms in total. The molecule has 0 saturated heterocycles. The number of hydrogen-bond donors (Lipinski definition) is 1. The van der Waals surface area contributed by atoms with Crippen molar-refractivity contribution >= 4 is 11.5 Å². The Morgan fingerprint density at radius 3 is 1.84 bits per heavy atom. The van der Waals surface area contributed by atoms with E-state index in [1.165, 1.54) is 0 Å². The molecule has 0 aromatic heterocycles. The lowest BCUT2D eigenvalue weighted by molar-refractivity contribution is -0.137. The minimum atomic E-state index is -0.677. The summed E-state index contributed by atoms with van der Waals surface area (Å²) in [6.07, 6.45) is 0. The highest BCUT2D eigenvalue weighted by atomic mass is 16.5. The van der Waals surface area contributed by atoms with E-state index in [9.17, 15) is 15.2 Å². The number of rotatable bonds is 5. The van der Waals surface area contributed by atoms with Gasteiger partial charge in [0, 0.05) is 16.7 Å². The lowest BCUT2D eigenvalue weighted by Gasteiger charge is -2.29. The number of methoxy groups -OCH3 is 1. The van der Waals surface area contributed by atoms with Gasteiger partial charge in [0.1, 0.15) is 23.1 Å². The van der Waals surface area contributed by atoms with E-state index in [-0.39, 0.29) is 28.8 Å². The van der Waals surface area contributed by atoms with Gasteiger partial charge in [-0.1, -0.05) is 53.7 Å². The fourth-order valence-electron chi connectivity index (χ4n) is 3.54. The van der Waals surface area contributed by atoms with Crippen LogP contribution >= 0.6 is 0 Å². The molecule has 0 amide bonds. The van der Waals surface area contributed by atoms with Gasteiger partial charge in [-0.2, -0.15) is 5.26 Å². The Kier molecular flexibility index (Phi) is 7.41. The Labute approximate surface area is 191 Å². The molecule has 2 rings (SSSR count). The van der Waals surface area contributed by atoms with Gasteiger partial charge in [-0.05, 0) is 53.1 Å². The SMILES string of the molecule is CCOC(=O)C(C#N)=C(c1ccc(OC)cc1)c1cc(C(C)(C)C)c(O)c(C(C)(C)C)c1. The highest BCUT2D eigenvalue weighted by Crippen LogP contribution is 2.42. The van der Waals surface area contributed by atoms with Crippen molar-refractivity contribution in [2.75, 3.05) is 13.7 Å². The minimum Gasteiger partial charge on any atom is -0.507 e. The maximum atomic E-state index is 12.7. The van der Waals surface area contributed by atoms with Gasteiger partial charge in [0.15, 0.2) is 0 Å². The second kappa shape index (κ2) is 9.48. The van der Waals surface area contributed by atoms with Gasteiger partial charge in [-0.15, -0.1) is 0 Å². The third-order valence-electron chi connectivity index (χ3n) is 5.23. The fraction of sp³-hybridized carbons (Fsp3) is 0.407. The Hall–Kier alpha value is -3.26. The summed E-state index contributed by atoms with van der Waals surface area (Å²) >= 11 is 0. The summed E-state index contributed by atoms with van der Waals surface area (Å²) in [6, 6.07) is 13.0. The van der Waals surface area contributed by atoms with Crippen LogP contribution in [-0.4, -0.2) is 24.8 Å².